The van der Waals surface area contributed by atoms with Gasteiger partial charge in [0.25, 0.3) is 0 Å². The van der Waals surface area contributed by atoms with Gasteiger partial charge in [-0.25, -0.2) is 4.98 Å². The van der Waals surface area contributed by atoms with Gasteiger partial charge in [-0.2, -0.15) is 9.61 Å². The molecular formula is C20H17ClN4O. The lowest BCUT2D eigenvalue weighted by Gasteiger charge is -2.10. The number of hydrogen-bond donors (Lipinski definition) is 1. The minimum atomic E-state index is 0.705. The van der Waals surface area contributed by atoms with E-state index < -0.39 is 0 Å². The molecule has 2 aromatic carbocycles. The maximum atomic E-state index is 6.00. The van der Waals surface area contributed by atoms with Crippen molar-refractivity contribution in [3.8, 4) is 16.9 Å². The zero-order valence-electron chi connectivity index (χ0n) is 14.4. The Morgan fingerprint density at radius 2 is 1.77 bits per heavy atom. The topological polar surface area (TPSA) is 51.5 Å². The van der Waals surface area contributed by atoms with E-state index in [1.165, 1.54) is 0 Å². The monoisotopic (exact) mass is 364 g/mol. The van der Waals surface area contributed by atoms with E-state index in [0.29, 0.717) is 5.02 Å². The number of nitrogens with one attached hydrogen (secondary N) is 1. The SMILES string of the molecule is COc1ccc(Nc2cc(C)nc3c(-c4ccc(Cl)cc4)cnn23)cc1. The van der Waals surface area contributed by atoms with Crippen LogP contribution in [0.5, 0.6) is 5.75 Å². The number of hydrogen-bond acceptors (Lipinski definition) is 4. The summed E-state index contributed by atoms with van der Waals surface area (Å²) >= 11 is 6.00. The summed E-state index contributed by atoms with van der Waals surface area (Å²) in [5.74, 6) is 1.66. The molecule has 0 spiro atoms. The molecule has 0 atom stereocenters. The average molecular weight is 365 g/mol. The Hall–Kier alpha value is -3.05. The molecular weight excluding hydrogens is 348 g/mol. The third-order valence-electron chi connectivity index (χ3n) is 4.12. The number of halogens is 1. The quantitative estimate of drug-likeness (QED) is 0.546. The lowest BCUT2D eigenvalue weighted by molar-refractivity contribution is 0.415. The smallest absolute Gasteiger partial charge is 0.165 e. The number of nitrogens with zero attached hydrogens (tertiary/aromatic N) is 3. The molecule has 0 fully saturated rings. The first-order valence-electron chi connectivity index (χ1n) is 8.16. The molecule has 0 saturated heterocycles. The number of ether oxygens (including phenoxy) is 1. The fourth-order valence-electron chi connectivity index (χ4n) is 2.83. The van der Waals surface area contributed by atoms with Crippen LogP contribution in [0.2, 0.25) is 5.02 Å². The van der Waals surface area contributed by atoms with Gasteiger partial charge in [-0.05, 0) is 48.9 Å². The summed E-state index contributed by atoms with van der Waals surface area (Å²) in [6.07, 6.45) is 1.82. The van der Waals surface area contributed by atoms with Gasteiger partial charge in [0.15, 0.2) is 5.65 Å². The van der Waals surface area contributed by atoms with Gasteiger partial charge in [-0.15, -0.1) is 0 Å². The van der Waals surface area contributed by atoms with E-state index >= 15 is 0 Å². The fourth-order valence-corrected chi connectivity index (χ4v) is 2.95. The number of aromatic nitrogens is 3. The van der Waals surface area contributed by atoms with E-state index in [1.807, 2.05) is 67.7 Å². The summed E-state index contributed by atoms with van der Waals surface area (Å²) < 4.78 is 7.01. The van der Waals surface area contributed by atoms with E-state index in [0.717, 1.165) is 39.7 Å². The lowest BCUT2D eigenvalue weighted by Crippen LogP contribution is -2.02. The van der Waals surface area contributed by atoms with Gasteiger partial charge in [-0.1, -0.05) is 23.7 Å². The van der Waals surface area contributed by atoms with Crippen molar-refractivity contribution < 1.29 is 4.74 Å². The van der Waals surface area contributed by atoms with E-state index in [2.05, 4.69) is 15.4 Å². The zero-order chi connectivity index (χ0) is 18.1. The van der Waals surface area contributed by atoms with Crippen molar-refractivity contribution in [2.75, 3.05) is 12.4 Å². The highest BCUT2D eigenvalue weighted by atomic mass is 35.5. The first-order chi connectivity index (χ1) is 12.6. The van der Waals surface area contributed by atoms with E-state index in [-0.39, 0.29) is 0 Å². The molecule has 0 aliphatic rings. The van der Waals surface area contributed by atoms with Crippen molar-refractivity contribution >= 4 is 28.8 Å². The highest BCUT2D eigenvalue weighted by Crippen LogP contribution is 2.28. The molecule has 0 unspecified atom stereocenters. The van der Waals surface area contributed by atoms with Crippen LogP contribution in [0.3, 0.4) is 0 Å². The van der Waals surface area contributed by atoms with Gasteiger partial charge in [0.05, 0.1) is 13.3 Å². The summed E-state index contributed by atoms with van der Waals surface area (Å²) in [4.78, 5) is 4.67. The Morgan fingerprint density at radius 1 is 1.04 bits per heavy atom. The number of rotatable bonds is 4. The van der Waals surface area contributed by atoms with Crippen molar-refractivity contribution in [1.82, 2.24) is 14.6 Å². The van der Waals surface area contributed by atoms with Gasteiger partial charge in [-0.3, -0.25) is 0 Å². The Kier molecular flexibility index (Phi) is 4.22. The van der Waals surface area contributed by atoms with Gasteiger partial charge in [0, 0.05) is 28.0 Å². The molecule has 0 amide bonds. The average Bonchev–Trinajstić information content (AvgIpc) is 3.07. The lowest BCUT2D eigenvalue weighted by atomic mass is 10.1. The van der Waals surface area contributed by atoms with Gasteiger partial charge >= 0.3 is 0 Å². The maximum Gasteiger partial charge on any atom is 0.165 e. The molecule has 0 saturated carbocycles. The van der Waals surface area contributed by atoms with Crippen molar-refractivity contribution in [2.24, 2.45) is 0 Å². The molecule has 4 aromatic rings. The molecule has 6 heteroatoms. The number of methoxy groups -OCH3 is 1. The van der Waals surface area contributed by atoms with Crippen LogP contribution < -0.4 is 10.1 Å². The molecule has 0 aliphatic carbocycles. The normalized spacial score (nSPS) is 10.9. The predicted octanol–water partition coefficient (Wildman–Crippen LogP) is 5.11. The zero-order valence-corrected chi connectivity index (χ0v) is 15.2. The highest BCUT2D eigenvalue weighted by Gasteiger charge is 2.12. The third kappa shape index (κ3) is 3.09. The summed E-state index contributed by atoms with van der Waals surface area (Å²) in [6, 6.07) is 17.4. The van der Waals surface area contributed by atoms with Gasteiger partial charge < -0.3 is 10.1 Å². The van der Waals surface area contributed by atoms with Crippen LogP contribution in [0.1, 0.15) is 5.69 Å². The van der Waals surface area contributed by atoms with Crippen molar-refractivity contribution in [3.05, 3.63) is 71.5 Å². The fraction of sp³-hybridized carbons (Fsp3) is 0.100. The van der Waals surface area contributed by atoms with Crippen LogP contribution >= 0.6 is 11.6 Å². The Morgan fingerprint density at radius 3 is 2.46 bits per heavy atom. The van der Waals surface area contributed by atoms with E-state index in [1.54, 1.807) is 11.6 Å². The second-order valence-corrected chi connectivity index (χ2v) is 6.37. The van der Waals surface area contributed by atoms with Crippen molar-refractivity contribution in [1.29, 1.82) is 0 Å². The van der Waals surface area contributed by atoms with Crippen LogP contribution in [-0.2, 0) is 0 Å². The molecule has 2 heterocycles. The van der Waals surface area contributed by atoms with Crippen LogP contribution in [-0.4, -0.2) is 21.7 Å². The van der Waals surface area contributed by atoms with Gasteiger partial charge in [0.2, 0.25) is 0 Å². The summed E-state index contributed by atoms with van der Waals surface area (Å²) in [6.45, 7) is 1.97. The number of fused-ring (bicyclic) bond motifs is 1. The molecule has 1 N–H and O–H groups in total. The Bertz CT molecular complexity index is 1060. The molecule has 26 heavy (non-hydrogen) atoms. The molecule has 2 aromatic heterocycles. The molecule has 0 aliphatic heterocycles. The molecule has 5 nitrogen and oxygen atoms in total. The minimum Gasteiger partial charge on any atom is -0.497 e. The summed E-state index contributed by atoms with van der Waals surface area (Å²) in [5, 5.41) is 8.62. The largest absolute Gasteiger partial charge is 0.497 e. The Balaban J connectivity index is 1.77. The highest BCUT2D eigenvalue weighted by molar-refractivity contribution is 6.30. The number of anilines is 2. The van der Waals surface area contributed by atoms with Crippen LogP contribution in [0, 0.1) is 6.92 Å². The van der Waals surface area contributed by atoms with E-state index in [9.17, 15) is 0 Å². The first-order valence-corrected chi connectivity index (χ1v) is 8.54. The van der Waals surface area contributed by atoms with Crippen LogP contribution in [0.4, 0.5) is 11.5 Å². The maximum absolute atomic E-state index is 6.00. The summed E-state index contributed by atoms with van der Waals surface area (Å²) in [5.41, 5.74) is 4.63. The minimum absolute atomic E-state index is 0.705. The molecule has 130 valence electrons. The predicted molar refractivity (Wildman–Crippen MR) is 104 cm³/mol. The first kappa shape index (κ1) is 16.4. The van der Waals surface area contributed by atoms with Crippen LogP contribution in [0.25, 0.3) is 16.8 Å². The number of benzene rings is 2. The molecule has 0 radical (unpaired) electrons. The second-order valence-electron chi connectivity index (χ2n) is 5.94. The van der Waals surface area contributed by atoms with Gasteiger partial charge in [0.1, 0.15) is 11.6 Å². The van der Waals surface area contributed by atoms with E-state index in [4.69, 9.17) is 16.3 Å². The Labute approximate surface area is 156 Å². The third-order valence-corrected chi connectivity index (χ3v) is 4.37. The summed E-state index contributed by atoms with van der Waals surface area (Å²) in [7, 11) is 1.65. The number of aryl methyl sites for hydroxylation is 1. The molecule has 4 rings (SSSR count). The van der Waals surface area contributed by atoms with Crippen molar-refractivity contribution in [2.45, 2.75) is 6.92 Å². The standard InChI is InChI=1S/C20H17ClN4O/c1-13-11-19(24-16-7-9-17(26-2)10-8-16)25-20(23-13)18(12-22-25)14-3-5-15(21)6-4-14/h3-12,24H,1-2H3. The molecule has 0 bridgehead atoms. The van der Waals surface area contributed by atoms with Crippen molar-refractivity contribution in [3.63, 3.8) is 0 Å². The second kappa shape index (κ2) is 6.69. The van der Waals surface area contributed by atoms with Crippen LogP contribution in [0.15, 0.2) is 60.8 Å².